The number of hydrogen-bond acceptors (Lipinski definition) is 1. The Morgan fingerprint density at radius 1 is 1.50 bits per heavy atom. The highest BCUT2D eigenvalue weighted by Gasteiger charge is 2.38. The van der Waals surface area contributed by atoms with Crippen LogP contribution in [-0.2, 0) is 4.79 Å². The van der Waals surface area contributed by atoms with Crippen molar-refractivity contribution in [3.05, 3.63) is 12.2 Å². The van der Waals surface area contributed by atoms with Gasteiger partial charge in [-0.05, 0) is 30.3 Å². The lowest BCUT2D eigenvalue weighted by molar-refractivity contribution is -0.118. The molecule has 12 heavy (non-hydrogen) atoms. The lowest BCUT2D eigenvalue weighted by Crippen LogP contribution is -2.34. The van der Waals surface area contributed by atoms with Crippen molar-refractivity contribution in [2.24, 2.45) is 11.3 Å². The Hall–Kier alpha value is -0.590. The van der Waals surface area contributed by atoms with Crippen molar-refractivity contribution in [1.29, 1.82) is 0 Å². The molecule has 2 aliphatic rings. The van der Waals surface area contributed by atoms with Crippen LogP contribution < -0.4 is 0 Å². The molecular formula is C11H16O. The maximum atomic E-state index is 11.2. The number of ketones is 1. The third kappa shape index (κ3) is 1.21. The molecule has 0 amide bonds. The minimum absolute atomic E-state index is 0.310. The summed E-state index contributed by atoms with van der Waals surface area (Å²) in [7, 11) is 0. The van der Waals surface area contributed by atoms with Gasteiger partial charge < -0.3 is 0 Å². The fraction of sp³-hybridized carbons (Fsp3) is 0.727. The molecule has 66 valence electrons. The van der Waals surface area contributed by atoms with Crippen molar-refractivity contribution >= 4 is 5.78 Å². The zero-order chi connectivity index (χ0) is 8.60. The Balaban J connectivity index is 2.23. The average Bonchev–Trinajstić information content (AvgIpc) is 2.02. The van der Waals surface area contributed by atoms with Crippen molar-refractivity contribution in [2.45, 2.75) is 39.0 Å². The molecule has 0 saturated heterocycles. The van der Waals surface area contributed by atoms with Crippen LogP contribution in [0, 0.1) is 11.3 Å². The van der Waals surface area contributed by atoms with Gasteiger partial charge >= 0.3 is 0 Å². The first-order valence-corrected chi connectivity index (χ1v) is 4.92. The monoisotopic (exact) mass is 164 g/mol. The highest BCUT2D eigenvalue weighted by Crippen LogP contribution is 2.46. The summed E-state index contributed by atoms with van der Waals surface area (Å²) in [4.78, 5) is 11.2. The predicted molar refractivity (Wildman–Crippen MR) is 48.8 cm³/mol. The summed E-state index contributed by atoms with van der Waals surface area (Å²) in [6.45, 7) is 2.28. The zero-order valence-corrected chi connectivity index (χ0v) is 7.68. The molecule has 0 aromatic rings. The van der Waals surface area contributed by atoms with E-state index in [1.165, 1.54) is 25.7 Å². The van der Waals surface area contributed by atoms with E-state index in [9.17, 15) is 4.79 Å². The van der Waals surface area contributed by atoms with Gasteiger partial charge in [-0.2, -0.15) is 0 Å². The molecule has 1 heteroatoms. The van der Waals surface area contributed by atoms with Crippen LogP contribution in [0.25, 0.3) is 0 Å². The first-order valence-electron chi connectivity index (χ1n) is 4.92. The van der Waals surface area contributed by atoms with E-state index in [-0.39, 0.29) is 0 Å². The number of hydrogen-bond donors (Lipinski definition) is 0. The van der Waals surface area contributed by atoms with Crippen molar-refractivity contribution in [3.63, 3.8) is 0 Å². The molecule has 2 atom stereocenters. The summed E-state index contributed by atoms with van der Waals surface area (Å²) in [6.07, 6.45) is 9.91. The van der Waals surface area contributed by atoms with Gasteiger partial charge in [-0.25, -0.2) is 0 Å². The van der Waals surface area contributed by atoms with E-state index in [1.54, 1.807) is 6.08 Å². The number of carbonyl (C=O) groups is 1. The highest BCUT2D eigenvalue weighted by molar-refractivity contribution is 5.91. The smallest absolute Gasteiger partial charge is 0.155 e. The van der Waals surface area contributed by atoms with Crippen LogP contribution in [0.1, 0.15) is 39.0 Å². The van der Waals surface area contributed by atoms with E-state index in [2.05, 4.69) is 13.0 Å². The van der Waals surface area contributed by atoms with Crippen LogP contribution >= 0.6 is 0 Å². The lowest BCUT2D eigenvalue weighted by Gasteiger charge is -2.41. The number of fused-ring (bicyclic) bond motifs is 1. The molecule has 0 spiro atoms. The highest BCUT2D eigenvalue weighted by atomic mass is 16.1. The van der Waals surface area contributed by atoms with E-state index < -0.39 is 0 Å². The Morgan fingerprint density at radius 3 is 3.17 bits per heavy atom. The largest absolute Gasteiger partial charge is 0.295 e. The van der Waals surface area contributed by atoms with Gasteiger partial charge in [-0.15, -0.1) is 0 Å². The Kier molecular flexibility index (Phi) is 1.82. The summed E-state index contributed by atoms with van der Waals surface area (Å²) in [5, 5.41) is 0. The number of carbonyl (C=O) groups excluding carboxylic acids is 1. The molecule has 1 saturated carbocycles. The first kappa shape index (κ1) is 8.03. The fourth-order valence-corrected chi connectivity index (χ4v) is 2.66. The zero-order valence-electron chi connectivity index (χ0n) is 7.68. The molecule has 0 radical (unpaired) electrons. The van der Waals surface area contributed by atoms with E-state index >= 15 is 0 Å². The standard InChI is InChI=1S/C11H16O/c1-11-7-3-2-4-9(11)5-6-10(12)8-11/h5-6,9H,2-4,7-8H2,1H3/t9-,11+/m1/s1. The van der Waals surface area contributed by atoms with E-state index in [0.717, 1.165) is 6.42 Å². The van der Waals surface area contributed by atoms with E-state index in [4.69, 9.17) is 0 Å². The third-order valence-electron chi connectivity index (χ3n) is 3.50. The average molecular weight is 164 g/mol. The van der Waals surface area contributed by atoms with Gasteiger partial charge in [0.1, 0.15) is 0 Å². The lowest BCUT2D eigenvalue weighted by atomic mass is 9.63. The topological polar surface area (TPSA) is 17.1 Å². The van der Waals surface area contributed by atoms with Gasteiger partial charge in [-0.1, -0.05) is 25.8 Å². The second-order valence-electron chi connectivity index (χ2n) is 4.51. The third-order valence-corrected chi connectivity index (χ3v) is 3.50. The normalized spacial score (nSPS) is 41.1. The molecule has 1 fully saturated rings. The predicted octanol–water partition coefficient (Wildman–Crippen LogP) is 2.71. The minimum Gasteiger partial charge on any atom is -0.295 e. The molecule has 0 bridgehead atoms. The number of allylic oxidation sites excluding steroid dienone is 2. The molecular weight excluding hydrogens is 148 g/mol. The second kappa shape index (κ2) is 2.72. The maximum absolute atomic E-state index is 11.2. The molecule has 0 aromatic carbocycles. The summed E-state index contributed by atoms with van der Waals surface area (Å²) in [6, 6.07) is 0. The van der Waals surface area contributed by atoms with Gasteiger partial charge in [0.15, 0.2) is 5.78 Å². The van der Waals surface area contributed by atoms with Gasteiger partial charge in [0.2, 0.25) is 0 Å². The fourth-order valence-electron chi connectivity index (χ4n) is 2.66. The van der Waals surface area contributed by atoms with Crippen LogP contribution in [0.3, 0.4) is 0 Å². The quantitative estimate of drug-likeness (QED) is 0.538. The van der Waals surface area contributed by atoms with Crippen LogP contribution in [0.4, 0.5) is 0 Å². The van der Waals surface area contributed by atoms with Crippen LogP contribution in [0.2, 0.25) is 0 Å². The summed E-state index contributed by atoms with van der Waals surface area (Å²) in [5.41, 5.74) is 0.310. The minimum atomic E-state index is 0.310. The van der Waals surface area contributed by atoms with E-state index in [0.29, 0.717) is 17.1 Å². The van der Waals surface area contributed by atoms with Gasteiger partial charge in [0, 0.05) is 6.42 Å². The maximum Gasteiger partial charge on any atom is 0.155 e. The molecule has 0 aromatic heterocycles. The van der Waals surface area contributed by atoms with Crippen molar-refractivity contribution in [1.82, 2.24) is 0 Å². The summed E-state index contributed by atoms with van der Waals surface area (Å²) >= 11 is 0. The number of rotatable bonds is 0. The molecule has 0 heterocycles. The van der Waals surface area contributed by atoms with Crippen molar-refractivity contribution in [2.75, 3.05) is 0 Å². The van der Waals surface area contributed by atoms with E-state index in [1.807, 2.05) is 0 Å². The Labute approximate surface area is 73.8 Å². The molecule has 1 nitrogen and oxygen atoms in total. The van der Waals surface area contributed by atoms with Crippen molar-refractivity contribution in [3.8, 4) is 0 Å². The molecule has 0 aliphatic heterocycles. The van der Waals surface area contributed by atoms with Gasteiger partial charge in [-0.3, -0.25) is 4.79 Å². The summed E-state index contributed by atoms with van der Waals surface area (Å²) < 4.78 is 0. The second-order valence-corrected chi connectivity index (χ2v) is 4.51. The Morgan fingerprint density at radius 2 is 2.33 bits per heavy atom. The molecule has 0 N–H and O–H groups in total. The van der Waals surface area contributed by atoms with Gasteiger partial charge in [0.05, 0.1) is 0 Å². The molecule has 0 unspecified atom stereocenters. The Bertz CT molecular complexity index is 229. The van der Waals surface area contributed by atoms with Crippen LogP contribution in [-0.4, -0.2) is 5.78 Å². The van der Waals surface area contributed by atoms with Gasteiger partial charge in [0.25, 0.3) is 0 Å². The first-order chi connectivity index (χ1) is 5.71. The van der Waals surface area contributed by atoms with Crippen LogP contribution in [0.15, 0.2) is 12.2 Å². The SMILES string of the molecule is C[C@@]12CCCC[C@@H]1C=CC(=O)C2. The van der Waals surface area contributed by atoms with Crippen LogP contribution in [0.5, 0.6) is 0 Å². The molecule has 2 aliphatic carbocycles. The molecule has 2 rings (SSSR count). The summed E-state index contributed by atoms with van der Waals surface area (Å²) in [5.74, 6) is 1.01. The van der Waals surface area contributed by atoms with Crippen molar-refractivity contribution < 1.29 is 4.79 Å².